The van der Waals surface area contributed by atoms with Crippen molar-refractivity contribution >= 4 is 17.6 Å². The van der Waals surface area contributed by atoms with E-state index >= 15 is 0 Å². The lowest BCUT2D eigenvalue weighted by atomic mass is 10.3. The number of imidazole rings is 1. The van der Waals surface area contributed by atoms with Crippen LogP contribution in [-0.4, -0.2) is 20.6 Å². The van der Waals surface area contributed by atoms with Crippen LogP contribution in [0.3, 0.4) is 0 Å². The van der Waals surface area contributed by atoms with Gasteiger partial charge in [0.1, 0.15) is 11.4 Å². The average molecular weight is 253 g/mol. The van der Waals surface area contributed by atoms with Gasteiger partial charge in [-0.15, -0.1) is 0 Å². The zero-order chi connectivity index (χ0) is 12.4. The van der Waals surface area contributed by atoms with Gasteiger partial charge in [0.15, 0.2) is 0 Å². The Bertz CT molecular complexity index is 548. The second-order valence-corrected chi connectivity index (χ2v) is 3.78. The van der Waals surface area contributed by atoms with Gasteiger partial charge in [-0.2, -0.15) is 0 Å². The van der Waals surface area contributed by atoms with Gasteiger partial charge in [0.05, 0.1) is 6.20 Å². The Morgan fingerprint density at radius 2 is 2.06 bits per heavy atom. The summed E-state index contributed by atoms with van der Waals surface area (Å²) >= 11 is 5.74. The molecule has 1 aromatic carbocycles. The van der Waals surface area contributed by atoms with Crippen molar-refractivity contribution in [1.82, 2.24) is 9.55 Å². The van der Waals surface area contributed by atoms with Gasteiger partial charge in [-0.3, -0.25) is 4.57 Å². The number of carboxylic acid groups (broad SMARTS) is 1. The standard InChI is InChI=1S/C11H9ClN2O3/c1-14-9(10(15)16)6-13-11(14)17-8-4-2-7(12)3-5-8/h2-6H,1H3,(H,15,16). The van der Waals surface area contributed by atoms with E-state index in [0.29, 0.717) is 10.8 Å². The number of carbonyl (C=O) groups is 1. The number of hydrogen-bond donors (Lipinski definition) is 1. The Hall–Kier alpha value is -2.01. The average Bonchev–Trinajstić information content (AvgIpc) is 2.64. The van der Waals surface area contributed by atoms with Crippen LogP contribution in [0, 0.1) is 0 Å². The van der Waals surface area contributed by atoms with Crippen molar-refractivity contribution in [3.8, 4) is 11.8 Å². The normalized spacial score (nSPS) is 10.2. The van der Waals surface area contributed by atoms with E-state index in [1.54, 1.807) is 31.3 Å². The van der Waals surface area contributed by atoms with E-state index < -0.39 is 5.97 Å². The molecule has 0 aliphatic rings. The lowest BCUT2D eigenvalue weighted by molar-refractivity contribution is 0.0685. The quantitative estimate of drug-likeness (QED) is 0.912. The number of hydrogen-bond acceptors (Lipinski definition) is 3. The summed E-state index contributed by atoms with van der Waals surface area (Å²) in [7, 11) is 1.57. The summed E-state index contributed by atoms with van der Waals surface area (Å²) in [5.41, 5.74) is 0.0639. The first-order valence-electron chi connectivity index (χ1n) is 4.76. The first-order valence-corrected chi connectivity index (χ1v) is 5.14. The van der Waals surface area contributed by atoms with E-state index in [0.717, 1.165) is 0 Å². The summed E-state index contributed by atoms with van der Waals surface area (Å²) in [6.07, 6.45) is 1.24. The number of rotatable bonds is 3. The SMILES string of the molecule is Cn1c(C(=O)O)cnc1Oc1ccc(Cl)cc1. The fourth-order valence-electron chi connectivity index (χ4n) is 1.29. The van der Waals surface area contributed by atoms with Gasteiger partial charge in [-0.25, -0.2) is 9.78 Å². The number of aromatic carboxylic acids is 1. The second-order valence-electron chi connectivity index (χ2n) is 3.35. The smallest absolute Gasteiger partial charge is 0.354 e. The Labute approximate surface area is 102 Å². The summed E-state index contributed by atoms with van der Waals surface area (Å²) in [6.45, 7) is 0. The number of ether oxygens (including phenoxy) is 1. The van der Waals surface area contributed by atoms with Gasteiger partial charge in [-0.1, -0.05) is 11.6 Å². The molecule has 1 aromatic heterocycles. The highest BCUT2D eigenvalue weighted by Crippen LogP contribution is 2.22. The van der Waals surface area contributed by atoms with Crippen LogP contribution in [0.2, 0.25) is 5.02 Å². The molecule has 0 saturated heterocycles. The highest BCUT2D eigenvalue weighted by atomic mass is 35.5. The van der Waals surface area contributed by atoms with Gasteiger partial charge >= 0.3 is 12.0 Å². The molecule has 0 atom stereocenters. The third-order valence-corrected chi connectivity index (χ3v) is 2.44. The highest BCUT2D eigenvalue weighted by Gasteiger charge is 2.13. The topological polar surface area (TPSA) is 64.4 Å². The molecule has 17 heavy (non-hydrogen) atoms. The minimum Gasteiger partial charge on any atom is -0.477 e. The molecular formula is C11H9ClN2O3. The van der Waals surface area contributed by atoms with Crippen molar-refractivity contribution in [1.29, 1.82) is 0 Å². The summed E-state index contributed by atoms with van der Waals surface area (Å²) in [6, 6.07) is 6.93. The third-order valence-electron chi connectivity index (χ3n) is 2.19. The molecule has 1 heterocycles. The fourth-order valence-corrected chi connectivity index (χ4v) is 1.42. The molecule has 0 spiro atoms. The molecule has 0 unspecified atom stereocenters. The maximum absolute atomic E-state index is 10.8. The number of halogens is 1. The lowest BCUT2D eigenvalue weighted by Crippen LogP contribution is -2.05. The van der Waals surface area contributed by atoms with Crippen LogP contribution in [0.4, 0.5) is 0 Å². The van der Waals surface area contributed by atoms with Crippen molar-refractivity contribution in [3.63, 3.8) is 0 Å². The zero-order valence-corrected chi connectivity index (χ0v) is 9.68. The number of benzene rings is 1. The molecule has 2 aromatic rings. The van der Waals surface area contributed by atoms with Crippen LogP contribution < -0.4 is 4.74 Å². The van der Waals surface area contributed by atoms with Crippen LogP contribution >= 0.6 is 11.6 Å². The number of carboxylic acids is 1. The van der Waals surface area contributed by atoms with E-state index in [-0.39, 0.29) is 11.7 Å². The predicted octanol–water partition coefficient (Wildman–Crippen LogP) is 2.56. The second kappa shape index (κ2) is 4.47. The zero-order valence-electron chi connectivity index (χ0n) is 8.92. The van der Waals surface area contributed by atoms with Crippen LogP contribution in [0.25, 0.3) is 0 Å². The van der Waals surface area contributed by atoms with Crippen molar-refractivity contribution < 1.29 is 14.6 Å². The lowest BCUT2D eigenvalue weighted by Gasteiger charge is -2.05. The summed E-state index contributed by atoms with van der Waals surface area (Å²) < 4.78 is 6.78. The van der Waals surface area contributed by atoms with E-state index in [9.17, 15) is 4.79 Å². The molecule has 0 aliphatic carbocycles. The molecular weight excluding hydrogens is 244 g/mol. The molecule has 2 rings (SSSR count). The van der Waals surface area contributed by atoms with E-state index in [4.69, 9.17) is 21.4 Å². The third kappa shape index (κ3) is 2.39. The monoisotopic (exact) mass is 252 g/mol. The van der Waals surface area contributed by atoms with Crippen LogP contribution in [0.1, 0.15) is 10.5 Å². The van der Waals surface area contributed by atoms with Crippen molar-refractivity contribution in [3.05, 3.63) is 41.2 Å². The minimum absolute atomic E-state index is 0.0639. The van der Waals surface area contributed by atoms with Gasteiger partial charge < -0.3 is 9.84 Å². The summed E-state index contributed by atoms with van der Waals surface area (Å²) in [5.74, 6) is -0.508. The molecule has 0 aliphatic heterocycles. The maximum Gasteiger partial charge on any atom is 0.354 e. The van der Waals surface area contributed by atoms with Crippen molar-refractivity contribution in [2.75, 3.05) is 0 Å². The van der Waals surface area contributed by atoms with Crippen molar-refractivity contribution in [2.24, 2.45) is 7.05 Å². The molecule has 0 radical (unpaired) electrons. The van der Waals surface area contributed by atoms with Gasteiger partial charge in [0, 0.05) is 12.1 Å². The Balaban J connectivity index is 2.24. The van der Waals surface area contributed by atoms with Gasteiger partial charge in [0.2, 0.25) is 0 Å². The molecule has 5 nitrogen and oxygen atoms in total. The van der Waals surface area contributed by atoms with Crippen LogP contribution in [0.15, 0.2) is 30.5 Å². The van der Waals surface area contributed by atoms with E-state index in [2.05, 4.69) is 4.98 Å². The highest BCUT2D eigenvalue weighted by molar-refractivity contribution is 6.30. The minimum atomic E-state index is -1.05. The fraction of sp³-hybridized carbons (Fsp3) is 0.0909. The molecule has 6 heteroatoms. The number of nitrogens with zero attached hydrogens (tertiary/aromatic N) is 2. The Morgan fingerprint density at radius 1 is 1.41 bits per heavy atom. The summed E-state index contributed by atoms with van der Waals surface area (Å²) in [4.78, 5) is 14.7. The van der Waals surface area contributed by atoms with E-state index in [1.165, 1.54) is 10.8 Å². The first kappa shape index (κ1) is 11.5. The van der Waals surface area contributed by atoms with Gasteiger partial charge in [0.25, 0.3) is 0 Å². The van der Waals surface area contributed by atoms with Gasteiger partial charge in [-0.05, 0) is 24.3 Å². The van der Waals surface area contributed by atoms with Crippen LogP contribution in [0.5, 0.6) is 11.8 Å². The molecule has 0 saturated carbocycles. The maximum atomic E-state index is 10.8. The molecule has 0 fully saturated rings. The summed E-state index contributed by atoms with van der Waals surface area (Å²) in [5, 5.41) is 9.45. The molecule has 0 amide bonds. The first-order chi connectivity index (χ1) is 8.08. The Kier molecular flexibility index (Phi) is 3.01. The Morgan fingerprint density at radius 3 is 2.59 bits per heavy atom. The van der Waals surface area contributed by atoms with E-state index in [1.807, 2.05) is 0 Å². The predicted molar refractivity (Wildman–Crippen MR) is 61.7 cm³/mol. The molecule has 88 valence electrons. The molecule has 1 N–H and O–H groups in total. The van der Waals surface area contributed by atoms with Crippen LogP contribution in [-0.2, 0) is 7.05 Å². The van der Waals surface area contributed by atoms with Crippen molar-refractivity contribution in [2.45, 2.75) is 0 Å². The molecule has 0 bridgehead atoms. The number of aromatic nitrogens is 2. The largest absolute Gasteiger partial charge is 0.477 e.